The molecule has 0 aliphatic heterocycles. The van der Waals surface area contributed by atoms with Gasteiger partial charge in [-0.05, 0) is 49.2 Å². The van der Waals surface area contributed by atoms with Crippen LogP contribution in [0, 0.1) is 19.7 Å². The van der Waals surface area contributed by atoms with Crippen molar-refractivity contribution in [2.24, 2.45) is 0 Å². The number of nitrogens with one attached hydrogen (secondary N) is 1. The molecule has 2 aromatic heterocycles. The first-order valence-electron chi connectivity index (χ1n) is 8.65. The molecule has 0 radical (unpaired) electrons. The van der Waals surface area contributed by atoms with E-state index in [0.717, 1.165) is 11.1 Å². The first-order chi connectivity index (χ1) is 13.0. The molecule has 0 aliphatic rings. The Balaban J connectivity index is 1.89. The minimum Gasteiger partial charge on any atom is -0.306 e. The molecule has 0 fully saturated rings. The van der Waals surface area contributed by atoms with E-state index in [-0.39, 0.29) is 11.7 Å². The number of nitrogens with zero attached hydrogens (tertiary/aromatic N) is 2. The van der Waals surface area contributed by atoms with E-state index >= 15 is 0 Å². The molecule has 2 heterocycles. The highest BCUT2D eigenvalue weighted by atomic mass is 19.1. The van der Waals surface area contributed by atoms with Gasteiger partial charge in [0.25, 0.3) is 5.91 Å². The lowest BCUT2D eigenvalue weighted by atomic mass is 10.1. The Hall–Kier alpha value is -3.47. The number of carbonyl (C=O) groups is 1. The second kappa shape index (κ2) is 6.68. The van der Waals surface area contributed by atoms with Gasteiger partial charge in [-0.1, -0.05) is 36.4 Å². The smallest absolute Gasteiger partial charge is 0.257 e. The summed E-state index contributed by atoms with van der Waals surface area (Å²) in [5.74, 6) is -0.190. The second-order valence-corrected chi connectivity index (χ2v) is 6.49. The van der Waals surface area contributed by atoms with Crippen molar-refractivity contribution in [3.63, 3.8) is 0 Å². The summed E-state index contributed by atoms with van der Waals surface area (Å²) in [6.45, 7) is 3.83. The number of fused-ring (bicyclic) bond motifs is 1. The SMILES string of the molecule is Cc1ccc2nc(-c3ccccc3F)c(NC(=O)c3ccccc3C)n2c1. The summed E-state index contributed by atoms with van der Waals surface area (Å²) in [6, 6.07) is 17.6. The molecular weight excluding hydrogens is 341 g/mol. The molecule has 0 spiro atoms. The van der Waals surface area contributed by atoms with Crippen LogP contribution in [-0.2, 0) is 0 Å². The normalized spacial score (nSPS) is 10.9. The van der Waals surface area contributed by atoms with Gasteiger partial charge in [-0.2, -0.15) is 0 Å². The van der Waals surface area contributed by atoms with Gasteiger partial charge in [-0.15, -0.1) is 0 Å². The Kier molecular flexibility index (Phi) is 4.20. The number of benzene rings is 2. The standard InChI is InChI=1S/C22H18FN3O/c1-14-11-12-19-24-20(17-9-5-6-10-18(17)23)21(26(19)13-14)25-22(27)16-8-4-3-7-15(16)2/h3-13H,1-2H3,(H,25,27). The number of hydrogen-bond acceptors (Lipinski definition) is 2. The van der Waals surface area contributed by atoms with Crippen molar-refractivity contribution in [2.75, 3.05) is 5.32 Å². The molecule has 0 bridgehead atoms. The number of aryl methyl sites for hydroxylation is 2. The highest BCUT2D eigenvalue weighted by Gasteiger charge is 2.20. The van der Waals surface area contributed by atoms with E-state index in [9.17, 15) is 9.18 Å². The fraction of sp³-hybridized carbons (Fsp3) is 0.0909. The summed E-state index contributed by atoms with van der Waals surface area (Å²) in [4.78, 5) is 17.4. The van der Waals surface area contributed by atoms with Crippen molar-refractivity contribution in [3.05, 3.63) is 89.4 Å². The van der Waals surface area contributed by atoms with Crippen molar-refractivity contribution in [3.8, 4) is 11.3 Å². The average Bonchev–Trinajstić information content (AvgIpc) is 3.00. The third kappa shape index (κ3) is 3.08. The quantitative estimate of drug-likeness (QED) is 0.559. The number of halogens is 1. The van der Waals surface area contributed by atoms with Crippen LogP contribution in [0.15, 0.2) is 66.9 Å². The molecule has 4 aromatic rings. The van der Waals surface area contributed by atoms with Gasteiger partial charge in [0.05, 0.1) is 0 Å². The second-order valence-electron chi connectivity index (χ2n) is 6.49. The van der Waals surface area contributed by atoms with Gasteiger partial charge in [0.1, 0.15) is 23.0 Å². The minimum atomic E-state index is -0.385. The number of carbonyl (C=O) groups excluding carboxylic acids is 1. The number of aromatic nitrogens is 2. The number of rotatable bonds is 3. The first kappa shape index (κ1) is 17.0. The minimum absolute atomic E-state index is 0.256. The van der Waals surface area contributed by atoms with Crippen LogP contribution in [0.2, 0.25) is 0 Å². The highest BCUT2D eigenvalue weighted by Crippen LogP contribution is 2.31. The predicted molar refractivity (Wildman–Crippen MR) is 104 cm³/mol. The number of anilines is 1. The molecule has 0 saturated heterocycles. The Bertz CT molecular complexity index is 1160. The van der Waals surface area contributed by atoms with Gasteiger partial charge in [0, 0.05) is 17.3 Å². The van der Waals surface area contributed by atoms with E-state index in [1.165, 1.54) is 6.07 Å². The van der Waals surface area contributed by atoms with Crippen LogP contribution in [0.3, 0.4) is 0 Å². The molecule has 27 heavy (non-hydrogen) atoms. The van der Waals surface area contributed by atoms with Gasteiger partial charge in [-0.25, -0.2) is 9.37 Å². The van der Waals surface area contributed by atoms with Crippen LogP contribution < -0.4 is 5.32 Å². The lowest BCUT2D eigenvalue weighted by Crippen LogP contribution is -2.15. The lowest BCUT2D eigenvalue weighted by Gasteiger charge is -2.10. The third-order valence-corrected chi connectivity index (χ3v) is 4.52. The van der Waals surface area contributed by atoms with Crippen molar-refractivity contribution in [2.45, 2.75) is 13.8 Å². The fourth-order valence-corrected chi connectivity index (χ4v) is 3.11. The van der Waals surface area contributed by atoms with Gasteiger partial charge in [-0.3, -0.25) is 9.20 Å². The maximum atomic E-state index is 14.4. The van der Waals surface area contributed by atoms with Crippen molar-refractivity contribution in [1.82, 2.24) is 9.38 Å². The van der Waals surface area contributed by atoms with Crippen molar-refractivity contribution in [1.29, 1.82) is 0 Å². The van der Waals surface area contributed by atoms with Gasteiger partial charge in [0.15, 0.2) is 0 Å². The zero-order valence-corrected chi connectivity index (χ0v) is 15.0. The van der Waals surface area contributed by atoms with E-state index in [2.05, 4.69) is 10.3 Å². The summed E-state index contributed by atoms with van der Waals surface area (Å²) < 4.78 is 16.2. The monoisotopic (exact) mass is 359 g/mol. The molecule has 0 aliphatic carbocycles. The van der Waals surface area contributed by atoms with E-state index in [1.54, 1.807) is 28.7 Å². The van der Waals surface area contributed by atoms with Crippen LogP contribution in [-0.4, -0.2) is 15.3 Å². The maximum absolute atomic E-state index is 14.4. The summed E-state index contributed by atoms with van der Waals surface area (Å²) in [5.41, 5.74) is 3.83. The topological polar surface area (TPSA) is 46.4 Å². The number of pyridine rings is 1. The molecule has 2 aromatic carbocycles. The van der Waals surface area contributed by atoms with Gasteiger partial charge < -0.3 is 5.32 Å². The average molecular weight is 359 g/mol. The first-order valence-corrected chi connectivity index (χ1v) is 8.65. The summed E-state index contributed by atoms with van der Waals surface area (Å²) in [5, 5.41) is 2.94. The summed E-state index contributed by atoms with van der Waals surface area (Å²) in [7, 11) is 0. The third-order valence-electron chi connectivity index (χ3n) is 4.52. The lowest BCUT2D eigenvalue weighted by molar-refractivity contribution is 0.102. The Morgan fingerprint density at radius 1 is 1.00 bits per heavy atom. The molecule has 4 nitrogen and oxygen atoms in total. The van der Waals surface area contributed by atoms with Crippen LogP contribution >= 0.6 is 0 Å². The Morgan fingerprint density at radius 2 is 1.74 bits per heavy atom. The number of imidazole rings is 1. The van der Waals surface area contributed by atoms with E-state index < -0.39 is 0 Å². The zero-order chi connectivity index (χ0) is 19.0. The van der Waals surface area contributed by atoms with Gasteiger partial charge in [0.2, 0.25) is 0 Å². The Morgan fingerprint density at radius 3 is 2.52 bits per heavy atom. The zero-order valence-electron chi connectivity index (χ0n) is 15.0. The summed E-state index contributed by atoms with van der Waals surface area (Å²) in [6.07, 6.45) is 1.88. The molecule has 1 amide bonds. The molecule has 134 valence electrons. The highest BCUT2D eigenvalue weighted by molar-refractivity contribution is 6.06. The van der Waals surface area contributed by atoms with Crippen LogP contribution in [0.25, 0.3) is 16.9 Å². The number of amides is 1. The van der Waals surface area contributed by atoms with Crippen molar-refractivity contribution < 1.29 is 9.18 Å². The Labute approximate surface area is 156 Å². The van der Waals surface area contributed by atoms with Crippen LogP contribution in [0.4, 0.5) is 10.2 Å². The van der Waals surface area contributed by atoms with E-state index in [4.69, 9.17) is 0 Å². The maximum Gasteiger partial charge on any atom is 0.257 e. The predicted octanol–water partition coefficient (Wildman–Crippen LogP) is 5.01. The molecule has 0 unspecified atom stereocenters. The molecule has 0 atom stereocenters. The molecule has 5 heteroatoms. The van der Waals surface area contributed by atoms with E-state index in [1.807, 2.05) is 50.4 Å². The molecule has 4 rings (SSSR count). The van der Waals surface area contributed by atoms with Crippen molar-refractivity contribution >= 4 is 17.4 Å². The molecule has 0 saturated carbocycles. The summed E-state index contributed by atoms with van der Waals surface area (Å²) >= 11 is 0. The largest absolute Gasteiger partial charge is 0.306 e. The molecule has 1 N–H and O–H groups in total. The van der Waals surface area contributed by atoms with Gasteiger partial charge >= 0.3 is 0 Å². The fourth-order valence-electron chi connectivity index (χ4n) is 3.11. The van der Waals surface area contributed by atoms with E-state index in [0.29, 0.717) is 28.3 Å². The molecular formula is C22H18FN3O. The number of hydrogen-bond donors (Lipinski definition) is 1. The van der Waals surface area contributed by atoms with Crippen LogP contribution in [0.1, 0.15) is 21.5 Å². The van der Waals surface area contributed by atoms with Crippen LogP contribution in [0.5, 0.6) is 0 Å².